The summed E-state index contributed by atoms with van der Waals surface area (Å²) in [6.45, 7) is 7.88. The predicted octanol–water partition coefficient (Wildman–Crippen LogP) is 2.35. The van der Waals surface area contributed by atoms with Crippen LogP contribution in [-0.4, -0.2) is 58.2 Å². The van der Waals surface area contributed by atoms with Gasteiger partial charge in [0.1, 0.15) is 0 Å². The molecule has 1 saturated heterocycles. The predicted molar refractivity (Wildman–Crippen MR) is 90.6 cm³/mol. The third kappa shape index (κ3) is 4.26. The minimum Gasteiger partial charge on any atom is -0.339 e. The number of carbonyl (C=O) groups excluding carboxylic acids is 1. The highest BCUT2D eigenvalue weighted by Gasteiger charge is 2.27. The number of rotatable bonds is 4. The molecule has 1 aromatic rings. The van der Waals surface area contributed by atoms with Gasteiger partial charge < -0.3 is 14.7 Å². The molecule has 1 aromatic heterocycles. The maximum absolute atomic E-state index is 12.3. The quantitative estimate of drug-likeness (QED) is 0.914. The van der Waals surface area contributed by atoms with Crippen molar-refractivity contribution < 1.29 is 9.32 Å². The maximum Gasteiger partial charge on any atom is 0.317 e. The Balaban J connectivity index is 1.41. The number of nitrogens with zero attached hydrogens (tertiary/aromatic N) is 4. The zero-order chi connectivity index (χ0) is 16.9. The van der Waals surface area contributed by atoms with Crippen LogP contribution in [0.5, 0.6) is 0 Å². The molecule has 1 N–H and O–H groups in total. The average molecular weight is 335 g/mol. The smallest absolute Gasteiger partial charge is 0.317 e. The van der Waals surface area contributed by atoms with E-state index in [0.29, 0.717) is 18.3 Å². The number of amides is 2. The molecule has 0 radical (unpaired) electrons. The molecule has 0 bridgehead atoms. The van der Waals surface area contributed by atoms with Gasteiger partial charge in [-0.15, -0.1) is 0 Å². The Labute approximate surface area is 143 Å². The van der Waals surface area contributed by atoms with Gasteiger partial charge >= 0.3 is 6.03 Å². The van der Waals surface area contributed by atoms with Crippen LogP contribution in [0.2, 0.25) is 0 Å². The monoisotopic (exact) mass is 335 g/mol. The number of hydrogen-bond donors (Lipinski definition) is 1. The first-order valence-electron chi connectivity index (χ1n) is 9.23. The van der Waals surface area contributed by atoms with Gasteiger partial charge in [-0.2, -0.15) is 4.98 Å². The third-order valence-electron chi connectivity index (χ3n) is 5.07. The molecule has 0 spiro atoms. The van der Waals surface area contributed by atoms with Crippen molar-refractivity contribution >= 4 is 6.03 Å². The molecule has 2 aliphatic rings. The Hall–Kier alpha value is -1.63. The molecule has 1 aliphatic carbocycles. The second-order valence-electron chi connectivity index (χ2n) is 7.18. The summed E-state index contributed by atoms with van der Waals surface area (Å²) in [6, 6.07) is 0.701. The molecule has 0 aromatic carbocycles. The van der Waals surface area contributed by atoms with E-state index in [4.69, 9.17) is 4.52 Å². The first kappa shape index (κ1) is 17.2. The summed E-state index contributed by atoms with van der Waals surface area (Å²) in [5, 5.41) is 6.80. The first-order chi connectivity index (χ1) is 11.6. The summed E-state index contributed by atoms with van der Waals surface area (Å²) in [5.74, 6) is 1.35. The maximum atomic E-state index is 12.3. The highest BCUT2D eigenvalue weighted by atomic mass is 16.5. The standard InChI is InChI=1S/C17H29N5O2/c1-13(2)16-19-15(20-24-16)12-18-17(23)22-10-8-21(9-11-22)14-6-4-3-5-7-14/h13-14H,3-12H2,1-2H3,(H,18,23). The van der Waals surface area contributed by atoms with Gasteiger partial charge in [0.25, 0.3) is 0 Å². The van der Waals surface area contributed by atoms with Crippen LogP contribution < -0.4 is 5.32 Å². The Morgan fingerprint density at radius 1 is 1.21 bits per heavy atom. The normalized spacial score (nSPS) is 20.5. The van der Waals surface area contributed by atoms with Crippen molar-refractivity contribution in [2.45, 2.75) is 64.5 Å². The lowest BCUT2D eigenvalue weighted by Crippen LogP contribution is -2.54. The van der Waals surface area contributed by atoms with Gasteiger partial charge in [0.05, 0.1) is 6.54 Å². The van der Waals surface area contributed by atoms with Crippen molar-refractivity contribution in [3.05, 3.63) is 11.7 Å². The van der Waals surface area contributed by atoms with Crippen LogP contribution in [0.3, 0.4) is 0 Å². The lowest BCUT2D eigenvalue weighted by Gasteiger charge is -2.40. The molecule has 1 saturated carbocycles. The van der Waals surface area contributed by atoms with E-state index in [1.54, 1.807) is 0 Å². The topological polar surface area (TPSA) is 74.5 Å². The summed E-state index contributed by atoms with van der Waals surface area (Å²) >= 11 is 0. The second-order valence-corrected chi connectivity index (χ2v) is 7.18. The van der Waals surface area contributed by atoms with E-state index in [1.165, 1.54) is 32.1 Å². The molecular weight excluding hydrogens is 306 g/mol. The lowest BCUT2D eigenvalue weighted by atomic mass is 9.94. The van der Waals surface area contributed by atoms with Crippen LogP contribution >= 0.6 is 0 Å². The summed E-state index contributed by atoms with van der Waals surface area (Å²) in [7, 11) is 0. The molecule has 2 fully saturated rings. The zero-order valence-corrected chi connectivity index (χ0v) is 14.8. The number of hydrogen-bond acceptors (Lipinski definition) is 5. The van der Waals surface area contributed by atoms with Gasteiger partial charge in [-0.3, -0.25) is 4.90 Å². The van der Waals surface area contributed by atoms with Gasteiger partial charge in [0, 0.05) is 38.1 Å². The summed E-state index contributed by atoms with van der Waals surface area (Å²) in [6.07, 6.45) is 6.74. The van der Waals surface area contributed by atoms with Gasteiger partial charge in [-0.05, 0) is 12.8 Å². The molecule has 0 atom stereocenters. The van der Waals surface area contributed by atoms with Crippen molar-refractivity contribution in [1.82, 2.24) is 25.3 Å². The summed E-state index contributed by atoms with van der Waals surface area (Å²) in [5.41, 5.74) is 0. The Morgan fingerprint density at radius 3 is 2.54 bits per heavy atom. The van der Waals surface area contributed by atoms with E-state index >= 15 is 0 Å². The van der Waals surface area contributed by atoms with Crippen molar-refractivity contribution in [2.24, 2.45) is 0 Å². The summed E-state index contributed by atoms with van der Waals surface area (Å²) < 4.78 is 5.15. The van der Waals surface area contributed by atoms with Gasteiger partial charge in [-0.1, -0.05) is 38.3 Å². The molecule has 2 heterocycles. The van der Waals surface area contributed by atoms with Crippen LogP contribution in [0.4, 0.5) is 4.79 Å². The number of piperazine rings is 1. The number of urea groups is 1. The number of nitrogens with one attached hydrogen (secondary N) is 1. The van der Waals surface area contributed by atoms with Crippen molar-refractivity contribution in [2.75, 3.05) is 26.2 Å². The minimum absolute atomic E-state index is 0.0332. The fraction of sp³-hybridized carbons (Fsp3) is 0.824. The Kier molecular flexibility index (Phi) is 5.71. The van der Waals surface area contributed by atoms with Gasteiger partial charge in [0.2, 0.25) is 5.89 Å². The molecule has 24 heavy (non-hydrogen) atoms. The Morgan fingerprint density at radius 2 is 1.92 bits per heavy atom. The van der Waals surface area contributed by atoms with Gasteiger partial charge in [0.15, 0.2) is 5.82 Å². The van der Waals surface area contributed by atoms with E-state index in [9.17, 15) is 4.79 Å². The minimum atomic E-state index is -0.0332. The van der Waals surface area contributed by atoms with Crippen LogP contribution in [0.1, 0.15) is 63.6 Å². The van der Waals surface area contributed by atoms with Crippen LogP contribution in [0.25, 0.3) is 0 Å². The zero-order valence-electron chi connectivity index (χ0n) is 14.8. The average Bonchev–Trinajstić information content (AvgIpc) is 3.10. The SMILES string of the molecule is CC(C)c1nc(CNC(=O)N2CCN(C3CCCCC3)CC2)no1. The third-order valence-corrected chi connectivity index (χ3v) is 5.07. The van der Waals surface area contributed by atoms with Crippen molar-refractivity contribution in [1.29, 1.82) is 0 Å². The highest BCUT2D eigenvalue weighted by molar-refractivity contribution is 5.74. The second kappa shape index (κ2) is 7.96. The molecule has 7 heteroatoms. The fourth-order valence-corrected chi connectivity index (χ4v) is 3.58. The molecule has 0 unspecified atom stereocenters. The first-order valence-corrected chi connectivity index (χ1v) is 9.23. The molecule has 2 amide bonds. The van der Waals surface area contributed by atoms with Crippen LogP contribution in [-0.2, 0) is 6.54 Å². The fourth-order valence-electron chi connectivity index (χ4n) is 3.58. The molecule has 1 aliphatic heterocycles. The Bertz CT molecular complexity index is 531. The van der Waals surface area contributed by atoms with Crippen molar-refractivity contribution in [3.8, 4) is 0 Å². The molecular formula is C17H29N5O2. The van der Waals surface area contributed by atoms with E-state index < -0.39 is 0 Å². The highest BCUT2D eigenvalue weighted by Crippen LogP contribution is 2.23. The lowest BCUT2D eigenvalue weighted by molar-refractivity contribution is 0.0904. The van der Waals surface area contributed by atoms with Gasteiger partial charge in [-0.25, -0.2) is 4.79 Å². The largest absolute Gasteiger partial charge is 0.339 e. The van der Waals surface area contributed by atoms with Crippen LogP contribution in [0.15, 0.2) is 4.52 Å². The number of carbonyl (C=O) groups is 1. The summed E-state index contributed by atoms with van der Waals surface area (Å²) in [4.78, 5) is 21.0. The molecule has 7 nitrogen and oxygen atoms in total. The number of aromatic nitrogens is 2. The van der Waals surface area contributed by atoms with E-state index in [0.717, 1.165) is 32.2 Å². The van der Waals surface area contributed by atoms with Crippen LogP contribution in [0, 0.1) is 0 Å². The molecule has 134 valence electrons. The van der Waals surface area contributed by atoms with Crippen molar-refractivity contribution in [3.63, 3.8) is 0 Å². The van der Waals surface area contributed by atoms with E-state index in [2.05, 4.69) is 20.4 Å². The van der Waals surface area contributed by atoms with E-state index in [1.807, 2.05) is 18.7 Å². The molecule has 3 rings (SSSR count). The van der Waals surface area contributed by atoms with E-state index in [-0.39, 0.29) is 11.9 Å².